The molecule has 0 aliphatic carbocycles. The number of nitrogens with two attached hydrogens (primary N) is 1. The Balaban J connectivity index is 2.37. The fraction of sp³-hybridized carbons (Fsp3) is 0.933. The van der Waals surface area contributed by atoms with Crippen molar-refractivity contribution in [1.29, 1.82) is 0 Å². The molecule has 2 N–H and O–H groups in total. The van der Waals surface area contributed by atoms with E-state index in [9.17, 15) is 4.79 Å². The molecule has 1 rings (SSSR count). The molecule has 0 saturated carbocycles. The van der Waals surface area contributed by atoms with Crippen LogP contribution in [0.15, 0.2) is 0 Å². The Morgan fingerprint density at radius 2 is 1.80 bits per heavy atom. The molecule has 1 aliphatic rings. The summed E-state index contributed by atoms with van der Waals surface area (Å²) in [4.78, 5) is 19.1. The summed E-state index contributed by atoms with van der Waals surface area (Å²) in [5.41, 5.74) is 5.77. The first-order chi connectivity index (χ1) is 9.43. The summed E-state index contributed by atoms with van der Waals surface area (Å²) >= 11 is 0. The maximum Gasteiger partial charge on any atom is 0.227 e. The van der Waals surface area contributed by atoms with E-state index in [0.717, 1.165) is 45.7 Å². The molecule has 1 atom stereocenters. The largest absolute Gasteiger partial charge is 0.340 e. The van der Waals surface area contributed by atoms with Gasteiger partial charge in [-0.3, -0.25) is 9.69 Å². The van der Waals surface area contributed by atoms with E-state index in [1.165, 1.54) is 0 Å². The van der Waals surface area contributed by atoms with Crippen molar-refractivity contribution in [2.24, 2.45) is 17.6 Å². The van der Waals surface area contributed by atoms with E-state index in [1.807, 2.05) is 4.90 Å². The second-order valence-electron chi connectivity index (χ2n) is 6.53. The molecular formula is C15H32N4O. The lowest BCUT2D eigenvalue weighted by Crippen LogP contribution is -2.52. The first-order valence-electron chi connectivity index (χ1n) is 7.80. The molecule has 0 spiro atoms. The van der Waals surface area contributed by atoms with Gasteiger partial charge in [-0.15, -0.1) is 0 Å². The Morgan fingerprint density at radius 3 is 2.25 bits per heavy atom. The summed E-state index contributed by atoms with van der Waals surface area (Å²) in [5, 5.41) is 0. The number of hydrogen-bond acceptors (Lipinski definition) is 4. The first-order valence-corrected chi connectivity index (χ1v) is 7.80. The maximum atomic E-state index is 12.5. The van der Waals surface area contributed by atoms with Crippen LogP contribution in [-0.2, 0) is 4.79 Å². The molecule has 1 unspecified atom stereocenters. The number of rotatable bonds is 7. The highest BCUT2D eigenvalue weighted by Gasteiger charge is 2.26. The lowest BCUT2D eigenvalue weighted by molar-refractivity contribution is -0.137. The van der Waals surface area contributed by atoms with Gasteiger partial charge in [0.1, 0.15) is 0 Å². The number of amides is 1. The quantitative estimate of drug-likeness (QED) is 0.731. The SMILES string of the molecule is CC(C)CC(CN)C(=O)N1CCN(CCN(C)C)CC1. The molecule has 1 heterocycles. The third-order valence-corrected chi connectivity index (χ3v) is 3.94. The van der Waals surface area contributed by atoms with Crippen molar-refractivity contribution in [3.8, 4) is 0 Å². The predicted octanol–water partition coefficient (Wildman–Crippen LogP) is 0.313. The predicted molar refractivity (Wildman–Crippen MR) is 83.6 cm³/mol. The van der Waals surface area contributed by atoms with Gasteiger partial charge >= 0.3 is 0 Å². The van der Waals surface area contributed by atoms with Crippen LogP contribution in [0.25, 0.3) is 0 Å². The van der Waals surface area contributed by atoms with Gasteiger partial charge in [-0.05, 0) is 26.4 Å². The standard InChI is InChI=1S/C15H32N4O/c1-13(2)11-14(12-16)15(20)19-9-7-18(8-10-19)6-5-17(3)4/h13-14H,5-12,16H2,1-4H3. The van der Waals surface area contributed by atoms with Gasteiger partial charge in [0, 0.05) is 45.8 Å². The lowest BCUT2D eigenvalue weighted by Gasteiger charge is -2.37. The zero-order valence-electron chi connectivity index (χ0n) is 13.6. The van der Waals surface area contributed by atoms with E-state index in [0.29, 0.717) is 12.5 Å². The van der Waals surface area contributed by atoms with Crippen LogP contribution in [0.5, 0.6) is 0 Å². The normalized spacial score (nSPS) is 18.9. The smallest absolute Gasteiger partial charge is 0.227 e. The minimum absolute atomic E-state index is 0.00308. The molecule has 0 radical (unpaired) electrons. The van der Waals surface area contributed by atoms with E-state index >= 15 is 0 Å². The van der Waals surface area contributed by atoms with E-state index in [-0.39, 0.29) is 11.8 Å². The highest BCUT2D eigenvalue weighted by molar-refractivity contribution is 5.79. The zero-order valence-corrected chi connectivity index (χ0v) is 13.6. The Kier molecular flexibility index (Phi) is 7.48. The molecule has 118 valence electrons. The average Bonchev–Trinajstić information content (AvgIpc) is 2.42. The van der Waals surface area contributed by atoms with Crippen molar-refractivity contribution in [2.45, 2.75) is 20.3 Å². The van der Waals surface area contributed by atoms with E-state index < -0.39 is 0 Å². The average molecular weight is 284 g/mol. The van der Waals surface area contributed by atoms with Crippen LogP contribution in [0.4, 0.5) is 0 Å². The van der Waals surface area contributed by atoms with Crippen molar-refractivity contribution in [1.82, 2.24) is 14.7 Å². The third kappa shape index (κ3) is 5.77. The molecule has 20 heavy (non-hydrogen) atoms. The van der Waals surface area contributed by atoms with Gasteiger partial charge in [-0.2, -0.15) is 0 Å². The Bertz CT molecular complexity index is 286. The van der Waals surface area contributed by atoms with E-state index in [4.69, 9.17) is 5.73 Å². The van der Waals surface area contributed by atoms with Crippen molar-refractivity contribution in [3.63, 3.8) is 0 Å². The van der Waals surface area contributed by atoms with Crippen molar-refractivity contribution >= 4 is 5.91 Å². The summed E-state index contributed by atoms with van der Waals surface area (Å²) in [7, 11) is 4.19. The Hall–Kier alpha value is -0.650. The Morgan fingerprint density at radius 1 is 1.20 bits per heavy atom. The van der Waals surface area contributed by atoms with Crippen LogP contribution < -0.4 is 5.73 Å². The molecule has 0 aromatic carbocycles. The minimum atomic E-state index is 0.00308. The lowest BCUT2D eigenvalue weighted by atomic mass is 9.95. The first kappa shape index (κ1) is 17.4. The fourth-order valence-corrected chi connectivity index (χ4v) is 2.66. The molecule has 1 saturated heterocycles. The summed E-state index contributed by atoms with van der Waals surface area (Å²) < 4.78 is 0. The van der Waals surface area contributed by atoms with Gasteiger partial charge in [-0.1, -0.05) is 13.8 Å². The van der Waals surface area contributed by atoms with E-state index in [1.54, 1.807) is 0 Å². The maximum absolute atomic E-state index is 12.5. The molecule has 1 aliphatic heterocycles. The van der Waals surface area contributed by atoms with Gasteiger partial charge in [0.25, 0.3) is 0 Å². The number of carbonyl (C=O) groups excluding carboxylic acids is 1. The highest BCUT2D eigenvalue weighted by Crippen LogP contribution is 2.15. The molecule has 0 aromatic rings. The van der Waals surface area contributed by atoms with Crippen molar-refractivity contribution in [2.75, 3.05) is 59.9 Å². The number of piperazine rings is 1. The second-order valence-corrected chi connectivity index (χ2v) is 6.53. The molecule has 1 amide bonds. The molecule has 0 bridgehead atoms. The van der Waals surface area contributed by atoms with Crippen LogP contribution in [0.3, 0.4) is 0 Å². The molecular weight excluding hydrogens is 252 g/mol. The molecule has 1 fully saturated rings. The van der Waals surface area contributed by atoms with Crippen molar-refractivity contribution in [3.05, 3.63) is 0 Å². The summed E-state index contributed by atoms with van der Waals surface area (Å²) in [6, 6.07) is 0. The molecule has 5 nitrogen and oxygen atoms in total. The topological polar surface area (TPSA) is 52.8 Å². The Labute approximate surface area is 124 Å². The van der Waals surface area contributed by atoms with Gasteiger partial charge in [0.15, 0.2) is 0 Å². The van der Waals surface area contributed by atoms with Gasteiger partial charge in [0.05, 0.1) is 5.92 Å². The van der Waals surface area contributed by atoms with Crippen LogP contribution in [0.1, 0.15) is 20.3 Å². The second kappa shape index (κ2) is 8.60. The molecule has 0 aromatic heterocycles. The summed E-state index contributed by atoms with van der Waals surface area (Å²) in [6.45, 7) is 10.6. The van der Waals surface area contributed by atoms with Crippen LogP contribution in [-0.4, -0.2) is 80.5 Å². The monoisotopic (exact) mass is 284 g/mol. The van der Waals surface area contributed by atoms with Crippen LogP contribution in [0.2, 0.25) is 0 Å². The zero-order chi connectivity index (χ0) is 15.1. The highest BCUT2D eigenvalue weighted by atomic mass is 16.2. The van der Waals surface area contributed by atoms with Crippen LogP contribution >= 0.6 is 0 Å². The third-order valence-electron chi connectivity index (χ3n) is 3.94. The number of nitrogens with zero attached hydrogens (tertiary/aromatic N) is 3. The van der Waals surface area contributed by atoms with Gasteiger partial charge < -0.3 is 15.5 Å². The number of likely N-dealkylation sites (N-methyl/N-ethyl adjacent to an activating group) is 1. The summed E-state index contributed by atoms with van der Waals surface area (Å²) in [6.07, 6.45) is 0.899. The van der Waals surface area contributed by atoms with Crippen LogP contribution in [0, 0.1) is 11.8 Å². The minimum Gasteiger partial charge on any atom is -0.340 e. The van der Waals surface area contributed by atoms with E-state index in [2.05, 4.69) is 37.7 Å². The van der Waals surface area contributed by atoms with Gasteiger partial charge in [0.2, 0.25) is 5.91 Å². The van der Waals surface area contributed by atoms with Gasteiger partial charge in [-0.25, -0.2) is 0 Å². The number of hydrogen-bond donors (Lipinski definition) is 1. The van der Waals surface area contributed by atoms with Crippen molar-refractivity contribution < 1.29 is 4.79 Å². The molecule has 5 heteroatoms. The fourth-order valence-electron chi connectivity index (χ4n) is 2.66. The number of carbonyl (C=O) groups is 1. The summed E-state index contributed by atoms with van der Waals surface area (Å²) in [5.74, 6) is 0.783.